The van der Waals surface area contributed by atoms with Crippen LogP contribution in [-0.2, 0) is 9.57 Å². The van der Waals surface area contributed by atoms with Crippen molar-refractivity contribution < 1.29 is 14.4 Å². The van der Waals surface area contributed by atoms with Gasteiger partial charge in [-0.3, -0.25) is 4.90 Å². The first-order valence-electron chi connectivity index (χ1n) is 3.51. The lowest BCUT2D eigenvalue weighted by Crippen LogP contribution is -2.30. The zero-order valence-electron chi connectivity index (χ0n) is 5.95. The SMILES string of the molecule is O=C1OCCN1C1=NOCC1. The van der Waals surface area contributed by atoms with Gasteiger partial charge in [0.1, 0.15) is 13.2 Å². The van der Waals surface area contributed by atoms with Gasteiger partial charge in [0, 0.05) is 6.42 Å². The molecule has 5 heteroatoms. The summed E-state index contributed by atoms with van der Waals surface area (Å²) in [6.07, 6.45) is 0.393. The molecule has 0 aromatic heterocycles. The van der Waals surface area contributed by atoms with Gasteiger partial charge < -0.3 is 9.57 Å². The number of rotatable bonds is 0. The van der Waals surface area contributed by atoms with Crippen LogP contribution in [0.1, 0.15) is 6.42 Å². The van der Waals surface area contributed by atoms with Crippen molar-refractivity contribution in [3.05, 3.63) is 0 Å². The first-order chi connectivity index (χ1) is 5.38. The number of amides is 1. The average molecular weight is 156 g/mol. The van der Waals surface area contributed by atoms with E-state index in [1.165, 1.54) is 4.90 Å². The molecule has 5 nitrogen and oxygen atoms in total. The fourth-order valence-corrected chi connectivity index (χ4v) is 1.11. The number of carbonyl (C=O) groups is 1. The summed E-state index contributed by atoms with van der Waals surface area (Å²) in [4.78, 5) is 17.2. The van der Waals surface area contributed by atoms with Crippen LogP contribution in [0.25, 0.3) is 0 Å². The Morgan fingerprint density at radius 2 is 2.36 bits per heavy atom. The van der Waals surface area contributed by atoms with Gasteiger partial charge in [-0.2, -0.15) is 0 Å². The number of cyclic esters (lactones) is 1. The highest BCUT2D eigenvalue weighted by Gasteiger charge is 2.28. The molecule has 0 aromatic rings. The van der Waals surface area contributed by atoms with Gasteiger partial charge >= 0.3 is 6.09 Å². The van der Waals surface area contributed by atoms with Crippen LogP contribution in [0.2, 0.25) is 0 Å². The highest BCUT2D eigenvalue weighted by atomic mass is 16.6. The molecule has 1 saturated heterocycles. The Bertz CT molecular complexity index is 214. The minimum atomic E-state index is -0.311. The second-order valence-electron chi connectivity index (χ2n) is 2.36. The Kier molecular flexibility index (Phi) is 1.41. The van der Waals surface area contributed by atoms with Gasteiger partial charge in [0.15, 0.2) is 5.84 Å². The van der Waals surface area contributed by atoms with Gasteiger partial charge in [-0.15, -0.1) is 0 Å². The molecule has 1 amide bonds. The summed E-state index contributed by atoms with van der Waals surface area (Å²) in [6.45, 7) is 1.62. The topological polar surface area (TPSA) is 51.1 Å². The van der Waals surface area contributed by atoms with Crippen molar-refractivity contribution in [2.75, 3.05) is 19.8 Å². The van der Waals surface area contributed by atoms with E-state index in [0.717, 1.165) is 0 Å². The van der Waals surface area contributed by atoms with E-state index in [4.69, 9.17) is 9.57 Å². The smallest absolute Gasteiger partial charge is 0.415 e. The van der Waals surface area contributed by atoms with Crippen LogP contribution in [0.3, 0.4) is 0 Å². The zero-order chi connectivity index (χ0) is 7.68. The van der Waals surface area contributed by atoms with Gasteiger partial charge in [-0.1, -0.05) is 5.16 Å². The van der Waals surface area contributed by atoms with E-state index in [1.807, 2.05) is 0 Å². The number of hydrogen-bond acceptors (Lipinski definition) is 4. The van der Waals surface area contributed by atoms with Crippen LogP contribution in [0.5, 0.6) is 0 Å². The molecule has 0 aromatic carbocycles. The molecule has 0 unspecified atom stereocenters. The Labute approximate surface area is 63.6 Å². The number of hydrogen-bond donors (Lipinski definition) is 0. The molecule has 2 rings (SSSR count). The third-order valence-corrected chi connectivity index (χ3v) is 1.66. The molecular weight excluding hydrogens is 148 g/mol. The normalized spacial score (nSPS) is 23.1. The van der Waals surface area contributed by atoms with Crippen LogP contribution in [0, 0.1) is 0 Å². The molecule has 0 atom stereocenters. The summed E-state index contributed by atoms with van der Waals surface area (Å²) in [6, 6.07) is 0. The van der Waals surface area contributed by atoms with Crippen molar-refractivity contribution in [1.82, 2.24) is 4.90 Å². The Hall–Kier alpha value is -1.26. The molecule has 0 radical (unpaired) electrons. The fraction of sp³-hybridized carbons (Fsp3) is 0.667. The summed E-state index contributed by atoms with van der Waals surface area (Å²) in [7, 11) is 0. The molecule has 60 valence electrons. The van der Waals surface area contributed by atoms with Crippen LogP contribution in [-0.4, -0.2) is 36.6 Å². The number of carbonyl (C=O) groups excluding carboxylic acids is 1. The van der Waals surface area contributed by atoms with E-state index in [0.29, 0.717) is 32.0 Å². The minimum absolute atomic E-state index is 0.311. The third-order valence-electron chi connectivity index (χ3n) is 1.66. The van der Waals surface area contributed by atoms with Gasteiger partial charge in [0.2, 0.25) is 0 Å². The number of ether oxygens (including phenoxy) is 1. The maximum absolute atomic E-state index is 10.9. The lowest BCUT2D eigenvalue weighted by atomic mass is 10.4. The van der Waals surface area contributed by atoms with E-state index >= 15 is 0 Å². The lowest BCUT2D eigenvalue weighted by molar-refractivity contribution is 0.166. The second kappa shape index (κ2) is 2.41. The van der Waals surface area contributed by atoms with Gasteiger partial charge in [-0.05, 0) is 0 Å². The number of oxime groups is 1. The van der Waals surface area contributed by atoms with Gasteiger partial charge in [-0.25, -0.2) is 4.79 Å². The summed E-state index contributed by atoms with van der Waals surface area (Å²) in [5.41, 5.74) is 0. The molecule has 2 heterocycles. The number of amidine groups is 1. The van der Waals surface area contributed by atoms with Crippen LogP contribution >= 0.6 is 0 Å². The van der Waals surface area contributed by atoms with E-state index in [2.05, 4.69) is 5.16 Å². The predicted molar refractivity (Wildman–Crippen MR) is 36.1 cm³/mol. The Morgan fingerprint density at radius 3 is 2.91 bits per heavy atom. The fourth-order valence-electron chi connectivity index (χ4n) is 1.11. The summed E-state index contributed by atoms with van der Waals surface area (Å²) in [5.74, 6) is 0.688. The van der Waals surface area contributed by atoms with Gasteiger partial charge in [0.25, 0.3) is 0 Å². The van der Waals surface area contributed by atoms with Crippen LogP contribution in [0.15, 0.2) is 5.16 Å². The second-order valence-corrected chi connectivity index (χ2v) is 2.36. The molecule has 0 aliphatic carbocycles. The minimum Gasteiger partial charge on any atom is -0.447 e. The molecular formula is C6H8N2O3. The highest BCUT2D eigenvalue weighted by molar-refractivity contribution is 5.96. The van der Waals surface area contributed by atoms with Crippen LogP contribution in [0.4, 0.5) is 4.79 Å². The van der Waals surface area contributed by atoms with E-state index in [9.17, 15) is 4.79 Å². The summed E-state index contributed by atoms with van der Waals surface area (Å²) < 4.78 is 4.73. The number of nitrogens with zero attached hydrogens (tertiary/aromatic N) is 2. The standard InChI is InChI=1S/C6H8N2O3/c9-6-8(2-4-10-6)5-1-3-11-7-5/h1-4H2. The highest BCUT2D eigenvalue weighted by Crippen LogP contribution is 2.10. The van der Waals surface area contributed by atoms with Crippen LogP contribution < -0.4 is 0 Å². The summed E-state index contributed by atoms with van der Waals surface area (Å²) in [5, 5.41) is 3.71. The van der Waals surface area contributed by atoms with Crippen molar-refractivity contribution in [2.45, 2.75) is 6.42 Å². The first kappa shape index (κ1) is 6.45. The maximum atomic E-state index is 10.9. The molecule has 0 spiro atoms. The predicted octanol–water partition coefficient (Wildman–Crippen LogP) is 0.172. The van der Waals surface area contributed by atoms with Crippen molar-refractivity contribution in [2.24, 2.45) is 5.16 Å². The zero-order valence-corrected chi connectivity index (χ0v) is 5.95. The van der Waals surface area contributed by atoms with Crippen molar-refractivity contribution in [3.8, 4) is 0 Å². The van der Waals surface area contributed by atoms with Crippen molar-refractivity contribution in [3.63, 3.8) is 0 Å². The van der Waals surface area contributed by atoms with Gasteiger partial charge in [0.05, 0.1) is 6.54 Å². The van der Waals surface area contributed by atoms with Crippen molar-refractivity contribution in [1.29, 1.82) is 0 Å². The molecule has 11 heavy (non-hydrogen) atoms. The average Bonchev–Trinajstić information content (AvgIpc) is 2.55. The lowest BCUT2D eigenvalue weighted by Gasteiger charge is -2.08. The van der Waals surface area contributed by atoms with E-state index in [-0.39, 0.29) is 6.09 Å². The Balaban J connectivity index is 2.08. The molecule has 0 saturated carbocycles. The molecule has 0 N–H and O–H groups in total. The third kappa shape index (κ3) is 1.02. The molecule has 2 aliphatic heterocycles. The monoisotopic (exact) mass is 156 g/mol. The molecule has 1 fully saturated rings. The van der Waals surface area contributed by atoms with Crippen molar-refractivity contribution >= 4 is 11.9 Å². The van der Waals surface area contributed by atoms with E-state index in [1.54, 1.807) is 0 Å². The molecule has 2 aliphatic rings. The van der Waals surface area contributed by atoms with E-state index < -0.39 is 0 Å². The Morgan fingerprint density at radius 1 is 1.45 bits per heavy atom. The first-order valence-corrected chi connectivity index (χ1v) is 3.51. The summed E-state index contributed by atoms with van der Waals surface area (Å²) >= 11 is 0. The quantitative estimate of drug-likeness (QED) is 0.502. The molecule has 0 bridgehead atoms. The largest absolute Gasteiger partial charge is 0.447 e. The maximum Gasteiger partial charge on any atom is 0.415 e.